The average molecular weight is 376 g/mol. The lowest BCUT2D eigenvalue weighted by Crippen LogP contribution is -2.41. The van der Waals surface area contributed by atoms with E-state index in [0.29, 0.717) is 28.7 Å². The standard InChI is InChI=1S/C17H18ClN5OS/c1-23-15(16(18)21-22-23)13-7-8-14(25-13)17(24)20-12(10-19)9-11-5-3-2-4-6-11/h2-8,12H,9-10,19H2,1H3,(H,20,24)/t12-/m0/s1. The van der Waals surface area contributed by atoms with Gasteiger partial charge in [-0.05, 0) is 24.1 Å². The first kappa shape index (κ1) is 17.6. The number of hydrogen-bond acceptors (Lipinski definition) is 5. The molecule has 0 bridgehead atoms. The Morgan fingerprint density at radius 3 is 2.72 bits per heavy atom. The van der Waals surface area contributed by atoms with E-state index in [2.05, 4.69) is 15.6 Å². The summed E-state index contributed by atoms with van der Waals surface area (Å²) < 4.78 is 1.59. The zero-order chi connectivity index (χ0) is 17.8. The van der Waals surface area contributed by atoms with Crippen molar-refractivity contribution in [2.24, 2.45) is 12.8 Å². The summed E-state index contributed by atoms with van der Waals surface area (Å²) in [5.74, 6) is -0.145. The number of carbonyl (C=O) groups excluding carboxylic acids is 1. The lowest BCUT2D eigenvalue weighted by Gasteiger charge is -2.16. The van der Waals surface area contributed by atoms with Crippen LogP contribution in [0.5, 0.6) is 0 Å². The highest BCUT2D eigenvalue weighted by atomic mass is 35.5. The van der Waals surface area contributed by atoms with Crippen molar-refractivity contribution in [1.82, 2.24) is 20.3 Å². The number of benzene rings is 1. The molecular weight excluding hydrogens is 358 g/mol. The Bertz CT molecular complexity index is 842. The molecule has 1 amide bonds. The van der Waals surface area contributed by atoms with Crippen LogP contribution in [-0.2, 0) is 13.5 Å². The third-order valence-corrected chi connectivity index (χ3v) is 5.14. The molecule has 0 fully saturated rings. The van der Waals surface area contributed by atoms with Gasteiger partial charge < -0.3 is 11.1 Å². The maximum absolute atomic E-state index is 12.5. The number of thiophene rings is 1. The maximum atomic E-state index is 12.5. The summed E-state index contributed by atoms with van der Waals surface area (Å²) in [6, 6.07) is 13.5. The first-order chi connectivity index (χ1) is 12.1. The third-order valence-electron chi connectivity index (χ3n) is 3.79. The van der Waals surface area contributed by atoms with Crippen LogP contribution in [0.15, 0.2) is 42.5 Å². The third kappa shape index (κ3) is 4.07. The summed E-state index contributed by atoms with van der Waals surface area (Å²) in [6.07, 6.45) is 0.693. The van der Waals surface area contributed by atoms with Gasteiger partial charge >= 0.3 is 0 Å². The molecule has 3 rings (SSSR count). The average Bonchev–Trinajstić information content (AvgIpc) is 3.22. The Balaban J connectivity index is 1.71. The SMILES string of the molecule is Cn1nnc(Cl)c1-c1ccc(C(=O)N[C@H](CN)Cc2ccccc2)s1. The summed E-state index contributed by atoms with van der Waals surface area (Å²) >= 11 is 7.41. The Hall–Kier alpha value is -2.22. The van der Waals surface area contributed by atoms with E-state index in [1.807, 2.05) is 36.4 Å². The van der Waals surface area contributed by atoms with Crippen LogP contribution in [0.3, 0.4) is 0 Å². The van der Waals surface area contributed by atoms with Crippen LogP contribution >= 0.6 is 22.9 Å². The predicted molar refractivity (Wildman–Crippen MR) is 99.8 cm³/mol. The van der Waals surface area contributed by atoms with E-state index >= 15 is 0 Å². The van der Waals surface area contributed by atoms with E-state index < -0.39 is 0 Å². The van der Waals surface area contributed by atoms with Crippen LogP contribution < -0.4 is 11.1 Å². The molecule has 3 N–H and O–H groups in total. The second-order valence-electron chi connectivity index (χ2n) is 5.61. The summed E-state index contributed by atoms with van der Waals surface area (Å²) in [4.78, 5) is 14.0. The number of aromatic nitrogens is 3. The van der Waals surface area contributed by atoms with Crippen LogP contribution in [-0.4, -0.2) is 33.5 Å². The summed E-state index contributed by atoms with van der Waals surface area (Å²) in [5, 5.41) is 11.0. The van der Waals surface area contributed by atoms with Crippen molar-refractivity contribution in [1.29, 1.82) is 0 Å². The smallest absolute Gasteiger partial charge is 0.261 e. The lowest BCUT2D eigenvalue weighted by atomic mass is 10.1. The predicted octanol–water partition coefficient (Wildman–Crippen LogP) is 2.50. The van der Waals surface area contributed by atoms with Crippen molar-refractivity contribution in [3.63, 3.8) is 0 Å². The second-order valence-corrected chi connectivity index (χ2v) is 7.05. The number of amides is 1. The van der Waals surface area contributed by atoms with Gasteiger partial charge in [0, 0.05) is 19.6 Å². The molecule has 2 heterocycles. The number of halogens is 1. The van der Waals surface area contributed by atoms with Crippen molar-refractivity contribution in [2.45, 2.75) is 12.5 Å². The minimum Gasteiger partial charge on any atom is -0.347 e. The van der Waals surface area contributed by atoms with Crippen LogP contribution in [0.4, 0.5) is 0 Å². The van der Waals surface area contributed by atoms with E-state index in [-0.39, 0.29) is 11.9 Å². The number of nitrogens with two attached hydrogens (primary N) is 1. The number of carbonyl (C=O) groups is 1. The topological polar surface area (TPSA) is 85.8 Å². The summed E-state index contributed by atoms with van der Waals surface area (Å²) in [6.45, 7) is 0.371. The largest absolute Gasteiger partial charge is 0.347 e. The zero-order valence-corrected chi connectivity index (χ0v) is 15.2. The van der Waals surface area contributed by atoms with Crippen LogP contribution in [0.25, 0.3) is 10.6 Å². The molecule has 0 aliphatic rings. The van der Waals surface area contributed by atoms with Gasteiger partial charge in [0.05, 0.1) is 9.75 Å². The zero-order valence-electron chi connectivity index (χ0n) is 13.6. The number of hydrogen-bond donors (Lipinski definition) is 2. The Morgan fingerprint density at radius 1 is 1.32 bits per heavy atom. The molecule has 1 atom stereocenters. The minimum atomic E-state index is -0.145. The molecule has 3 aromatic rings. The van der Waals surface area contributed by atoms with Gasteiger partial charge in [-0.2, -0.15) is 0 Å². The van der Waals surface area contributed by atoms with E-state index in [0.717, 1.165) is 10.4 Å². The lowest BCUT2D eigenvalue weighted by molar-refractivity contribution is 0.0942. The molecular formula is C17H18ClN5OS. The van der Waals surface area contributed by atoms with Crippen molar-refractivity contribution in [3.05, 3.63) is 58.1 Å². The highest BCUT2D eigenvalue weighted by molar-refractivity contribution is 7.17. The Kier molecular flexibility index (Phi) is 5.47. The Labute approximate surface area is 154 Å². The molecule has 0 aliphatic carbocycles. The van der Waals surface area contributed by atoms with Gasteiger partial charge in [-0.25, -0.2) is 4.68 Å². The fourth-order valence-corrected chi connectivity index (χ4v) is 3.83. The van der Waals surface area contributed by atoms with E-state index in [4.69, 9.17) is 17.3 Å². The molecule has 25 heavy (non-hydrogen) atoms. The van der Waals surface area contributed by atoms with Gasteiger partial charge in [-0.1, -0.05) is 47.1 Å². The van der Waals surface area contributed by atoms with Crippen LogP contribution in [0.2, 0.25) is 5.15 Å². The minimum absolute atomic E-state index is 0.123. The van der Waals surface area contributed by atoms with E-state index in [1.54, 1.807) is 17.8 Å². The highest BCUT2D eigenvalue weighted by Gasteiger charge is 2.18. The van der Waals surface area contributed by atoms with Gasteiger partial charge in [0.15, 0.2) is 5.15 Å². The van der Waals surface area contributed by atoms with Gasteiger partial charge in [-0.3, -0.25) is 4.79 Å². The normalized spacial score (nSPS) is 12.1. The quantitative estimate of drug-likeness (QED) is 0.693. The Morgan fingerprint density at radius 2 is 2.08 bits per heavy atom. The monoisotopic (exact) mass is 375 g/mol. The van der Waals surface area contributed by atoms with E-state index in [9.17, 15) is 4.79 Å². The number of nitrogens with one attached hydrogen (secondary N) is 1. The fraction of sp³-hybridized carbons (Fsp3) is 0.235. The number of rotatable bonds is 6. The van der Waals surface area contributed by atoms with Crippen molar-refractivity contribution in [2.75, 3.05) is 6.54 Å². The second kappa shape index (κ2) is 7.77. The molecule has 0 unspecified atom stereocenters. The molecule has 0 saturated carbocycles. The van der Waals surface area contributed by atoms with Gasteiger partial charge in [0.1, 0.15) is 5.69 Å². The summed E-state index contributed by atoms with van der Waals surface area (Å²) in [5.41, 5.74) is 7.66. The molecule has 6 nitrogen and oxygen atoms in total. The molecule has 0 spiro atoms. The molecule has 0 radical (unpaired) electrons. The molecule has 8 heteroatoms. The summed E-state index contributed by atoms with van der Waals surface area (Å²) in [7, 11) is 1.76. The fourth-order valence-electron chi connectivity index (χ4n) is 2.53. The van der Waals surface area contributed by atoms with Crippen LogP contribution in [0.1, 0.15) is 15.2 Å². The molecule has 2 aromatic heterocycles. The first-order valence-electron chi connectivity index (χ1n) is 7.78. The maximum Gasteiger partial charge on any atom is 0.261 e. The highest BCUT2D eigenvalue weighted by Crippen LogP contribution is 2.31. The van der Waals surface area contributed by atoms with Crippen LogP contribution in [0, 0.1) is 0 Å². The number of aryl methyl sites for hydroxylation is 1. The van der Waals surface area contributed by atoms with Crippen molar-refractivity contribution >= 4 is 28.8 Å². The number of nitrogens with zero attached hydrogens (tertiary/aromatic N) is 3. The van der Waals surface area contributed by atoms with Gasteiger partial charge in [0.2, 0.25) is 0 Å². The van der Waals surface area contributed by atoms with Gasteiger partial charge in [-0.15, -0.1) is 16.4 Å². The van der Waals surface area contributed by atoms with Crippen molar-refractivity contribution in [3.8, 4) is 10.6 Å². The molecule has 130 valence electrons. The molecule has 1 aromatic carbocycles. The van der Waals surface area contributed by atoms with Gasteiger partial charge in [0.25, 0.3) is 5.91 Å². The van der Waals surface area contributed by atoms with Crippen molar-refractivity contribution < 1.29 is 4.79 Å². The first-order valence-corrected chi connectivity index (χ1v) is 8.98. The van der Waals surface area contributed by atoms with E-state index in [1.165, 1.54) is 11.3 Å². The molecule has 0 saturated heterocycles. The molecule has 0 aliphatic heterocycles.